The molecule has 0 aromatic heterocycles. The molecule has 4 rings (SSSR count). The molecule has 2 aromatic rings. The van der Waals surface area contributed by atoms with Gasteiger partial charge in [-0.15, -0.1) is 0 Å². The average Bonchev–Trinajstić information content (AvgIpc) is 3.38. The molecule has 1 atom stereocenters. The highest BCUT2D eigenvalue weighted by Gasteiger charge is 2.31. The molecule has 1 heterocycles. The van der Waals surface area contributed by atoms with Crippen LogP contribution in [0.3, 0.4) is 0 Å². The summed E-state index contributed by atoms with van der Waals surface area (Å²) in [6, 6.07) is 12.5. The summed E-state index contributed by atoms with van der Waals surface area (Å²) in [6.07, 6.45) is 5.26. The van der Waals surface area contributed by atoms with Gasteiger partial charge in [0.15, 0.2) is 11.5 Å². The van der Waals surface area contributed by atoms with Crippen LogP contribution in [0, 0.1) is 5.92 Å². The van der Waals surface area contributed by atoms with Crippen molar-refractivity contribution in [3.63, 3.8) is 0 Å². The number of carbonyl (C=O) groups excluding carboxylic acids is 1. The highest BCUT2D eigenvalue weighted by molar-refractivity contribution is 5.78. The van der Waals surface area contributed by atoms with Gasteiger partial charge in [-0.3, -0.25) is 9.69 Å². The Kier molecular flexibility index (Phi) is 7.20. The first kappa shape index (κ1) is 22.5. The molecular weight excluding hydrogens is 404 g/mol. The molecule has 172 valence electrons. The molecule has 2 aromatic carbocycles. The summed E-state index contributed by atoms with van der Waals surface area (Å²) >= 11 is 0. The molecule has 6 heteroatoms. The lowest BCUT2D eigenvalue weighted by atomic mass is 9.91. The Bertz CT molecular complexity index is 922. The van der Waals surface area contributed by atoms with E-state index in [4.69, 9.17) is 14.2 Å². The van der Waals surface area contributed by atoms with E-state index < -0.39 is 0 Å². The molecule has 1 amide bonds. The number of ether oxygens (including phenoxy) is 3. The van der Waals surface area contributed by atoms with Crippen LogP contribution in [0.25, 0.3) is 0 Å². The maximum atomic E-state index is 12.8. The standard InChI is InChI=1S/C26H34N2O4/c1-30-21-10-8-18(9-11-21)17-28-13-12-20-14-24(31-2)25(32-3)15-22(20)23(28)16-27-26(29)19-6-4-5-7-19/h8-11,14-15,19,23H,4-7,12-13,16-17H2,1-3H3,(H,27,29)/t23-/m0/s1. The zero-order chi connectivity index (χ0) is 22.5. The molecule has 1 aliphatic heterocycles. The van der Waals surface area contributed by atoms with E-state index in [-0.39, 0.29) is 17.9 Å². The molecule has 0 spiro atoms. The molecule has 32 heavy (non-hydrogen) atoms. The summed E-state index contributed by atoms with van der Waals surface area (Å²) < 4.78 is 16.4. The van der Waals surface area contributed by atoms with Gasteiger partial charge < -0.3 is 19.5 Å². The van der Waals surface area contributed by atoms with E-state index in [9.17, 15) is 4.79 Å². The number of nitrogens with zero attached hydrogens (tertiary/aromatic N) is 1. The number of nitrogens with one attached hydrogen (secondary N) is 1. The first-order valence-corrected chi connectivity index (χ1v) is 11.5. The molecule has 1 aliphatic carbocycles. The summed E-state index contributed by atoms with van der Waals surface area (Å²) in [5, 5.41) is 3.26. The van der Waals surface area contributed by atoms with Gasteiger partial charge >= 0.3 is 0 Å². The third kappa shape index (κ3) is 4.85. The summed E-state index contributed by atoms with van der Waals surface area (Å²) in [4.78, 5) is 15.2. The van der Waals surface area contributed by atoms with Crippen molar-refractivity contribution in [1.29, 1.82) is 0 Å². The van der Waals surface area contributed by atoms with E-state index in [2.05, 4.69) is 34.5 Å². The van der Waals surface area contributed by atoms with E-state index in [1.165, 1.54) is 16.7 Å². The van der Waals surface area contributed by atoms with Crippen LogP contribution in [0.4, 0.5) is 0 Å². The van der Waals surface area contributed by atoms with Crippen LogP contribution in [0.15, 0.2) is 36.4 Å². The molecule has 6 nitrogen and oxygen atoms in total. The maximum absolute atomic E-state index is 12.8. The molecule has 1 fully saturated rings. The van der Waals surface area contributed by atoms with Crippen molar-refractivity contribution < 1.29 is 19.0 Å². The molecule has 0 saturated heterocycles. The van der Waals surface area contributed by atoms with Gasteiger partial charge in [0.05, 0.1) is 27.4 Å². The number of hydrogen-bond acceptors (Lipinski definition) is 5. The zero-order valence-electron chi connectivity index (χ0n) is 19.4. The molecule has 0 unspecified atom stereocenters. The van der Waals surface area contributed by atoms with E-state index in [1.54, 1.807) is 21.3 Å². The van der Waals surface area contributed by atoms with Crippen molar-refractivity contribution in [3.05, 3.63) is 53.1 Å². The first-order chi connectivity index (χ1) is 15.6. The number of fused-ring (bicyclic) bond motifs is 1. The van der Waals surface area contributed by atoms with E-state index in [0.717, 1.165) is 62.4 Å². The molecular formula is C26H34N2O4. The third-order valence-corrected chi connectivity index (χ3v) is 6.85. The second-order valence-electron chi connectivity index (χ2n) is 8.72. The van der Waals surface area contributed by atoms with Gasteiger partial charge in [0.1, 0.15) is 5.75 Å². The first-order valence-electron chi connectivity index (χ1n) is 11.5. The van der Waals surface area contributed by atoms with Gasteiger partial charge in [-0.25, -0.2) is 0 Å². The number of rotatable bonds is 8. The van der Waals surface area contributed by atoms with Gasteiger partial charge in [-0.05, 0) is 60.2 Å². The van der Waals surface area contributed by atoms with Crippen LogP contribution >= 0.6 is 0 Å². The Labute approximate surface area is 190 Å². The molecule has 0 bridgehead atoms. The van der Waals surface area contributed by atoms with Crippen LogP contribution in [0.5, 0.6) is 17.2 Å². The van der Waals surface area contributed by atoms with Crippen molar-refractivity contribution in [1.82, 2.24) is 10.2 Å². The monoisotopic (exact) mass is 438 g/mol. The number of hydrogen-bond donors (Lipinski definition) is 1. The van der Waals surface area contributed by atoms with Gasteiger partial charge in [-0.1, -0.05) is 25.0 Å². The Balaban J connectivity index is 1.58. The van der Waals surface area contributed by atoms with Crippen molar-refractivity contribution >= 4 is 5.91 Å². The fourth-order valence-corrected chi connectivity index (χ4v) is 5.00. The lowest BCUT2D eigenvalue weighted by molar-refractivity contribution is -0.125. The van der Waals surface area contributed by atoms with Crippen molar-refractivity contribution in [2.24, 2.45) is 5.92 Å². The minimum Gasteiger partial charge on any atom is -0.497 e. The third-order valence-electron chi connectivity index (χ3n) is 6.85. The zero-order valence-corrected chi connectivity index (χ0v) is 19.4. The quantitative estimate of drug-likeness (QED) is 0.672. The topological polar surface area (TPSA) is 60.0 Å². The Morgan fingerprint density at radius 2 is 1.69 bits per heavy atom. The fraction of sp³-hybridized carbons (Fsp3) is 0.500. The number of amides is 1. The van der Waals surface area contributed by atoms with E-state index >= 15 is 0 Å². The average molecular weight is 439 g/mol. The van der Waals surface area contributed by atoms with Crippen molar-refractivity contribution in [2.45, 2.75) is 44.7 Å². The van der Waals surface area contributed by atoms with Gasteiger partial charge in [-0.2, -0.15) is 0 Å². The SMILES string of the molecule is COc1ccc(CN2CCc3cc(OC)c(OC)cc3[C@@H]2CNC(=O)C2CCCC2)cc1. The van der Waals surface area contributed by atoms with Crippen LogP contribution < -0.4 is 19.5 Å². The second-order valence-corrected chi connectivity index (χ2v) is 8.72. The number of carbonyl (C=O) groups is 1. The maximum Gasteiger partial charge on any atom is 0.223 e. The minimum absolute atomic E-state index is 0.0750. The highest BCUT2D eigenvalue weighted by Crippen LogP contribution is 2.38. The summed E-state index contributed by atoms with van der Waals surface area (Å²) in [5.74, 6) is 2.70. The highest BCUT2D eigenvalue weighted by atomic mass is 16.5. The summed E-state index contributed by atoms with van der Waals surface area (Å²) in [7, 11) is 5.02. The summed E-state index contributed by atoms with van der Waals surface area (Å²) in [6.45, 7) is 2.31. The van der Waals surface area contributed by atoms with Crippen LogP contribution in [0.1, 0.15) is 48.4 Å². The Morgan fingerprint density at radius 1 is 1.00 bits per heavy atom. The Hall–Kier alpha value is -2.73. The summed E-state index contributed by atoms with van der Waals surface area (Å²) in [5.41, 5.74) is 3.68. The largest absolute Gasteiger partial charge is 0.497 e. The van der Waals surface area contributed by atoms with Gasteiger partial charge in [0.2, 0.25) is 5.91 Å². The van der Waals surface area contributed by atoms with Crippen LogP contribution in [0.2, 0.25) is 0 Å². The molecule has 2 aliphatic rings. The Morgan fingerprint density at radius 3 is 2.34 bits per heavy atom. The van der Waals surface area contributed by atoms with Crippen LogP contribution in [-0.4, -0.2) is 45.2 Å². The fourth-order valence-electron chi connectivity index (χ4n) is 5.00. The van der Waals surface area contributed by atoms with Gasteiger partial charge in [0.25, 0.3) is 0 Å². The molecule has 1 N–H and O–H groups in total. The lowest BCUT2D eigenvalue weighted by Crippen LogP contribution is -2.43. The number of methoxy groups -OCH3 is 3. The number of benzene rings is 2. The predicted molar refractivity (Wildman–Crippen MR) is 124 cm³/mol. The van der Waals surface area contributed by atoms with Crippen molar-refractivity contribution in [2.75, 3.05) is 34.4 Å². The van der Waals surface area contributed by atoms with Gasteiger partial charge in [0, 0.05) is 25.6 Å². The minimum atomic E-state index is 0.0750. The van der Waals surface area contributed by atoms with E-state index in [1.807, 2.05) is 12.1 Å². The normalized spacial score (nSPS) is 18.8. The smallest absolute Gasteiger partial charge is 0.223 e. The second kappa shape index (κ2) is 10.3. The predicted octanol–water partition coefficient (Wildman–Crippen LogP) is 4.12. The van der Waals surface area contributed by atoms with Crippen LogP contribution in [-0.2, 0) is 17.8 Å². The lowest BCUT2D eigenvalue weighted by Gasteiger charge is -2.38. The molecule has 0 radical (unpaired) electrons. The van der Waals surface area contributed by atoms with Crippen molar-refractivity contribution in [3.8, 4) is 17.2 Å². The van der Waals surface area contributed by atoms with E-state index in [0.29, 0.717) is 6.54 Å². The molecule has 1 saturated carbocycles.